The topological polar surface area (TPSA) is 92.0 Å². The molecule has 0 saturated carbocycles. The molecule has 1 aliphatic rings. The Morgan fingerprint density at radius 2 is 2.10 bits per heavy atom. The quantitative estimate of drug-likeness (QED) is 0.695. The molecular formula is C13H14N6O2. The van der Waals surface area contributed by atoms with Gasteiger partial charge in [0.2, 0.25) is 0 Å². The number of aromatic nitrogens is 4. The maximum atomic E-state index is 12.2. The highest BCUT2D eigenvalue weighted by Gasteiger charge is 2.19. The van der Waals surface area contributed by atoms with Crippen molar-refractivity contribution in [3.05, 3.63) is 35.4 Å². The number of aromatic amines is 1. The van der Waals surface area contributed by atoms with E-state index in [9.17, 15) is 4.79 Å². The first-order valence-electron chi connectivity index (χ1n) is 6.78. The van der Waals surface area contributed by atoms with Crippen molar-refractivity contribution in [2.75, 3.05) is 31.1 Å². The fraction of sp³-hybridized carbons (Fsp3) is 0.308. The van der Waals surface area contributed by atoms with E-state index in [0.29, 0.717) is 16.9 Å². The molecule has 0 aliphatic carbocycles. The zero-order valence-corrected chi connectivity index (χ0v) is 11.2. The van der Waals surface area contributed by atoms with Crippen LogP contribution >= 0.6 is 0 Å². The maximum absolute atomic E-state index is 12.2. The molecule has 108 valence electrons. The lowest BCUT2D eigenvalue weighted by atomic mass is 10.3. The lowest BCUT2D eigenvalue weighted by Crippen LogP contribution is -2.44. The van der Waals surface area contributed by atoms with Crippen molar-refractivity contribution in [1.82, 2.24) is 24.8 Å². The van der Waals surface area contributed by atoms with Gasteiger partial charge in [0, 0.05) is 32.2 Å². The van der Waals surface area contributed by atoms with Gasteiger partial charge in [-0.1, -0.05) is 0 Å². The second-order valence-corrected chi connectivity index (χ2v) is 4.88. The molecule has 8 nitrogen and oxygen atoms in total. The fourth-order valence-corrected chi connectivity index (χ4v) is 2.65. The van der Waals surface area contributed by atoms with Gasteiger partial charge in [-0.05, 0) is 0 Å². The molecule has 1 saturated heterocycles. The Bertz CT molecular complexity index is 813. The van der Waals surface area contributed by atoms with Gasteiger partial charge in [0.15, 0.2) is 11.5 Å². The highest BCUT2D eigenvalue weighted by atomic mass is 16.3. The first-order valence-corrected chi connectivity index (χ1v) is 6.78. The van der Waals surface area contributed by atoms with Crippen LogP contribution in [-0.4, -0.2) is 45.7 Å². The third-order valence-electron chi connectivity index (χ3n) is 3.63. The van der Waals surface area contributed by atoms with E-state index >= 15 is 0 Å². The minimum atomic E-state index is -0.247. The van der Waals surface area contributed by atoms with Crippen LogP contribution in [0.15, 0.2) is 34.1 Å². The van der Waals surface area contributed by atoms with Crippen LogP contribution in [0, 0.1) is 0 Å². The average molecular weight is 286 g/mol. The van der Waals surface area contributed by atoms with E-state index in [1.54, 1.807) is 6.07 Å². The molecule has 0 aromatic carbocycles. The van der Waals surface area contributed by atoms with Crippen LogP contribution in [-0.2, 0) is 0 Å². The molecule has 0 bridgehead atoms. The highest BCUT2D eigenvalue weighted by molar-refractivity contribution is 5.84. The van der Waals surface area contributed by atoms with E-state index in [1.165, 1.54) is 23.4 Å². The second-order valence-electron chi connectivity index (χ2n) is 4.88. The first kappa shape index (κ1) is 12.2. The zero-order chi connectivity index (χ0) is 14.2. The lowest BCUT2D eigenvalue weighted by molar-refractivity contribution is 0.565. The number of piperazine rings is 1. The van der Waals surface area contributed by atoms with Gasteiger partial charge in [-0.3, -0.25) is 0 Å². The summed E-state index contributed by atoms with van der Waals surface area (Å²) >= 11 is 0. The molecule has 0 amide bonds. The van der Waals surface area contributed by atoms with Crippen molar-refractivity contribution in [2.24, 2.45) is 0 Å². The minimum Gasteiger partial charge on any atom is -0.470 e. The van der Waals surface area contributed by atoms with Gasteiger partial charge in [0.1, 0.15) is 18.1 Å². The van der Waals surface area contributed by atoms with Gasteiger partial charge in [0.25, 0.3) is 0 Å². The Labute approximate surface area is 119 Å². The summed E-state index contributed by atoms with van der Waals surface area (Å²) in [4.78, 5) is 25.8. The van der Waals surface area contributed by atoms with Gasteiger partial charge in [-0.25, -0.2) is 19.3 Å². The largest absolute Gasteiger partial charge is 0.470 e. The fourth-order valence-electron chi connectivity index (χ4n) is 2.65. The molecule has 3 aromatic rings. The minimum absolute atomic E-state index is 0.247. The number of anilines is 1. The molecule has 3 aromatic heterocycles. The summed E-state index contributed by atoms with van der Waals surface area (Å²) in [5.41, 5.74) is 1.62. The Hall–Kier alpha value is -2.61. The third-order valence-corrected chi connectivity index (χ3v) is 3.63. The summed E-state index contributed by atoms with van der Waals surface area (Å²) in [6, 6.07) is 1.72. The molecule has 8 heteroatoms. The van der Waals surface area contributed by atoms with Crippen molar-refractivity contribution >= 4 is 17.0 Å². The van der Waals surface area contributed by atoms with Gasteiger partial charge in [-0.15, -0.1) is 0 Å². The Balaban J connectivity index is 1.91. The van der Waals surface area contributed by atoms with E-state index in [4.69, 9.17) is 4.42 Å². The van der Waals surface area contributed by atoms with Crippen LogP contribution in [0.1, 0.15) is 0 Å². The summed E-state index contributed by atoms with van der Waals surface area (Å²) in [5, 5.41) is 3.30. The molecular weight excluding hydrogens is 272 g/mol. The summed E-state index contributed by atoms with van der Waals surface area (Å²) in [6.45, 7) is 3.51. The monoisotopic (exact) mass is 286 g/mol. The summed E-state index contributed by atoms with van der Waals surface area (Å²) in [7, 11) is 0. The number of hydrogen-bond donors (Lipinski definition) is 2. The molecule has 2 N–H and O–H groups in total. The zero-order valence-electron chi connectivity index (χ0n) is 11.2. The van der Waals surface area contributed by atoms with Crippen molar-refractivity contribution in [3.8, 4) is 5.69 Å². The van der Waals surface area contributed by atoms with E-state index in [1.807, 2.05) is 0 Å². The van der Waals surface area contributed by atoms with Crippen molar-refractivity contribution in [2.45, 2.75) is 0 Å². The Morgan fingerprint density at radius 1 is 1.24 bits per heavy atom. The highest BCUT2D eigenvalue weighted by Crippen LogP contribution is 2.22. The predicted octanol–water partition coefficient (Wildman–Crippen LogP) is 0.111. The van der Waals surface area contributed by atoms with Gasteiger partial charge in [0.05, 0.1) is 12.0 Å². The maximum Gasteiger partial charge on any atom is 0.332 e. The molecule has 4 heterocycles. The van der Waals surface area contributed by atoms with Gasteiger partial charge < -0.3 is 19.6 Å². The Kier molecular flexibility index (Phi) is 2.74. The van der Waals surface area contributed by atoms with E-state index in [-0.39, 0.29) is 5.69 Å². The van der Waals surface area contributed by atoms with E-state index in [0.717, 1.165) is 32.0 Å². The van der Waals surface area contributed by atoms with Crippen molar-refractivity contribution in [3.63, 3.8) is 0 Å². The van der Waals surface area contributed by atoms with Crippen LogP contribution in [0.2, 0.25) is 0 Å². The molecule has 0 unspecified atom stereocenters. The Morgan fingerprint density at radius 3 is 2.86 bits per heavy atom. The van der Waals surface area contributed by atoms with Crippen LogP contribution < -0.4 is 15.9 Å². The molecule has 0 atom stereocenters. The molecule has 1 fully saturated rings. The summed E-state index contributed by atoms with van der Waals surface area (Å²) in [5.74, 6) is 0.765. The molecule has 0 radical (unpaired) electrons. The number of nitrogens with one attached hydrogen (secondary N) is 2. The SMILES string of the molecule is O=c1[nH]c2c(N3CCNCC3)ncnc2n1-c1ccoc1. The average Bonchev–Trinajstić information content (AvgIpc) is 3.14. The molecule has 21 heavy (non-hydrogen) atoms. The second kappa shape index (κ2) is 4.74. The van der Waals surface area contributed by atoms with E-state index in [2.05, 4.69) is 25.2 Å². The van der Waals surface area contributed by atoms with Crippen molar-refractivity contribution < 1.29 is 4.42 Å². The van der Waals surface area contributed by atoms with Gasteiger partial charge in [-0.2, -0.15) is 0 Å². The normalized spacial score (nSPS) is 15.7. The lowest BCUT2D eigenvalue weighted by Gasteiger charge is -2.28. The third kappa shape index (κ3) is 1.91. The number of hydrogen-bond acceptors (Lipinski definition) is 6. The molecule has 0 spiro atoms. The smallest absolute Gasteiger partial charge is 0.332 e. The number of nitrogens with zero attached hydrogens (tertiary/aromatic N) is 4. The number of furan rings is 1. The first-order chi connectivity index (χ1) is 10.3. The van der Waals surface area contributed by atoms with Crippen LogP contribution in [0.25, 0.3) is 16.9 Å². The van der Waals surface area contributed by atoms with Crippen LogP contribution in [0.5, 0.6) is 0 Å². The van der Waals surface area contributed by atoms with Gasteiger partial charge >= 0.3 is 5.69 Å². The molecule has 1 aliphatic heterocycles. The van der Waals surface area contributed by atoms with Crippen molar-refractivity contribution in [1.29, 1.82) is 0 Å². The number of rotatable bonds is 2. The summed E-state index contributed by atoms with van der Waals surface area (Å²) in [6.07, 6.45) is 4.53. The standard InChI is InChI=1S/C13H14N6O2/c20-13-17-10-11(18-4-2-14-3-5-18)15-8-16-12(10)19(13)9-1-6-21-7-9/h1,6-8,14H,2-5H2,(H,17,20). The van der Waals surface area contributed by atoms with E-state index < -0.39 is 0 Å². The number of H-pyrrole nitrogens is 1. The van der Waals surface area contributed by atoms with Crippen LogP contribution in [0.4, 0.5) is 5.82 Å². The van der Waals surface area contributed by atoms with Crippen LogP contribution in [0.3, 0.4) is 0 Å². The molecule has 4 rings (SSSR count). The predicted molar refractivity (Wildman–Crippen MR) is 76.8 cm³/mol. The number of fused-ring (bicyclic) bond motifs is 1. The summed E-state index contributed by atoms with van der Waals surface area (Å²) < 4.78 is 6.55. The number of imidazole rings is 1.